The molecule has 0 spiro atoms. The fourth-order valence-electron chi connectivity index (χ4n) is 2.59. The van der Waals surface area contributed by atoms with E-state index in [1.54, 1.807) is 10.6 Å². The Balaban J connectivity index is 1.58. The van der Waals surface area contributed by atoms with Crippen LogP contribution in [0.15, 0.2) is 47.6 Å². The Bertz CT molecular complexity index is 1110. The smallest absolute Gasteiger partial charge is 0.271 e. The van der Waals surface area contributed by atoms with E-state index in [1.807, 2.05) is 6.92 Å². The normalized spacial score (nSPS) is 10.7. The maximum atomic E-state index is 13.2. The van der Waals surface area contributed by atoms with Gasteiger partial charge in [-0.05, 0) is 25.1 Å². The third kappa shape index (κ3) is 5.92. The van der Waals surface area contributed by atoms with Gasteiger partial charge < -0.3 is 14.6 Å². The molecule has 2 aromatic carbocycles. The second-order valence-electron chi connectivity index (χ2n) is 6.15. The summed E-state index contributed by atoms with van der Waals surface area (Å²) in [5, 5.41) is 22.1. The molecule has 3 aromatic rings. The van der Waals surface area contributed by atoms with Crippen LogP contribution in [0.1, 0.15) is 12.7 Å². The molecule has 0 bridgehead atoms. The van der Waals surface area contributed by atoms with Crippen molar-refractivity contribution in [2.24, 2.45) is 0 Å². The van der Waals surface area contributed by atoms with E-state index < -0.39 is 10.7 Å². The number of hydrogen-bond acceptors (Lipinski definition) is 7. The van der Waals surface area contributed by atoms with E-state index in [0.717, 1.165) is 0 Å². The van der Waals surface area contributed by atoms with Crippen molar-refractivity contribution in [1.82, 2.24) is 14.8 Å². The standard InChI is InChI=1S/C19H17ClFN5O4S/c1-2-25-17(10-30-14-6-7-16(21)15(20)9-14)23-24-19(25)31-11-18(27)22-12-4-3-5-13(8-12)26(28)29/h3-9H,2,10-11H2,1H3,(H,22,27). The van der Waals surface area contributed by atoms with Crippen molar-refractivity contribution in [3.05, 3.63) is 69.2 Å². The maximum Gasteiger partial charge on any atom is 0.271 e. The quantitative estimate of drug-likeness (QED) is 0.284. The van der Waals surface area contributed by atoms with Crippen LogP contribution in [-0.2, 0) is 17.9 Å². The fraction of sp³-hybridized carbons (Fsp3) is 0.211. The van der Waals surface area contributed by atoms with Crippen LogP contribution >= 0.6 is 23.4 Å². The zero-order valence-corrected chi connectivity index (χ0v) is 17.8. The molecule has 0 aliphatic carbocycles. The molecule has 1 N–H and O–H groups in total. The van der Waals surface area contributed by atoms with Crippen LogP contribution in [0.3, 0.4) is 0 Å². The van der Waals surface area contributed by atoms with Gasteiger partial charge in [-0.25, -0.2) is 4.39 Å². The number of rotatable bonds is 9. The monoisotopic (exact) mass is 465 g/mol. The molecule has 9 nitrogen and oxygen atoms in total. The lowest BCUT2D eigenvalue weighted by Crippen LogP contribution is -2.15. The lowest BCUT2D eigenvalue weighted by atomic mass is 10.3. The van der Waals surface area contributed by atoms with E-state index in [2.05, 4.69) is 15.5 Å². The second kappa shape index (κ2) is 10.2. The van der Waals surface area contributed by atoms with Crippen LogP contribution in [0.25, 0.3) is 0 Å². The highest BCUT2D eigenvalue weighted by atomic mass is 35.5. The molecule has 31 heavy (non-hydrogen) atoms. The van der Waals surface area contributed by atoms with E-state index in [1.165, 1.54) is 48.2 Å². The van der Waals surface area contributed by atoms with Gasteiger partial charge in [0.05, 0.1) is 15.7 Å². The van der Waals surface area contributed by atoms with Crippen LogP contribution in [0, 0.1) is 15.9 Å². The average Bonchev–Trinajstić information content (AvgIpc) is 3.15. The number of benzene rings is 2. The number of carbonyl (C=O) groups excluding carboxylic acids is 1. The number of ether oxygens (including phenoxy) is 1. The van der Waals surface area contributed by atoms with Crippen molar-refractivity contribution in [1.29, 1.82) is 0 Å². The molecular weight excluding hydrogens is 449 g/mol. The topological polar surface area (TPSA) is 112 Å². The molecule has 0 saturated heterocycles. The van der Waals surface area contributed by atoms with Crippen LogP contribution < -0.4 is 10.1 Å². The van der Waals surface area contributed by atoms with Crippen LogP contribution in [0.5, 0.6) is 5.75 Å². The minimum absolute atomic E-state index is 0.0370. The van der Waals surface area contributed by atoms with Crippen molar-refractivity contribution in [3.8, 4) is 5.75 Å². The Morgan fingerprint density at radius 1 is 1.32 bits per heavy atom. The lowest BCUT2D eigenvalue weighted by molar-refractivity contribution is -0.384. The molecule has 0 aliphatic heterocycles. The summed E-state index contributed by atoms with van der Waals surface area (Å²) in [6.45, 7) is 2.53. The van der Waals surface area contributed by atoms with E-state index in [-0.39, 0.29) is 29.0 Å². The van der Waals surface area contributed by atoms with Gasteiger partial charge in [0.15, 0.2) is 11.0 Å². The summed E-state index contributed by atoms with van der Waals surface area (Å²) in [7, 11) is 0. The summed E-state index contributed by atoms with van der Waals surface area (Å²) in [5.74, 6) is 0.0877. The molecule has 0 saturated carbocycles. The van der Waals surface area contributed by atoms with Gasteiger partial charge in [0.25, 0.3) is 5.69 Å². The van der Waals surface area contributed by atoms with Crippen molar-refractivity contribution in [3.63, 3.8) is 0 Å². The Kier molecular flexibility index (Phi) is 7.42. The summed E-state index contributed by atoms with van der Waals surface area (Å²) < 4.78 is 20.6. The van der Waals surface area contributed by atoms with Gasteiger partial charge >= 0.3 is 0 Å². The number of nitro benzene ring substituents is 1. The number of nitrogens with zero attached hydrogens (tertiary/aromatic N) is 4. The van der Waals surface area contributed by atoms with Gasteiger partial charge in [-0.15, -0.1) is 10.2 Å². The molecule has 0 atom stereocenters. The molecule has 0 unspecified atom stereocenters. The first-order valence-electron chi connectivity index (χ1n) is 9.04. The predicted molar refractivity (Wildman–Crippen MR) is 114 cm³/mol. The number of carbonyl (C=O) groups is 1. The van der Waals surface area contributed by atoms with E-state index in [9.17, 15) is 19.3 Å². The van der Waals surface area contributed by atoms with Crippen LogP contribution in [-0.4, -0.2) is 31.3 Å². The zero-order chi connectivity index (χ0) is 22.4. The highest BCUT2D eigenvalue weighted by Gasteiger charge is 2.15. The predicted octanol–water partition coefficient (Wildman–Crippen LogP) is 4.31. The maximum absolute atomic E-state index is 13.2. The molecule has 0 radical (unpaired) electrons. The van der Waals surface area contributed by atoms with E-state index in [4.69, 9.17) is 16.3 Å². The summed E-state index contributed by atoms with van der Waals surface area (Å²) in [6, 6.07) is 9.74. The molecule has 0 aliphatic rings. The van der Waals surface area contributed by atoms with Gasteiger partial charge in [-0.3, -0.25) is 14.9 Å². The van der Waals surface area contributed by atoms with Gasteiger partial charge in [-0.2, -0.15) is 0 Å². The first kappa shape index (κ1) is 22.5. The first-order valence-corrected chi connectivity index (χ1v) is 10.4. The van der Waals surface area contributed by atoms with Crippen molar-refractivity contribution >= 4 is 40.6 Å². The second-order valence-corrected chi connectivity index (χ2v) is 7.50. The number of anilines is 1. The van der Waals surface area contributed by atoms with Crippen molar-refractivity contribution in [2.75, 3.05) is 11.1 Å². The number of nitrogens with one attached hydrogen (secondary N) is 1. The Hall–Kier alpha value is -3.18. The molecule has 12 heteroatoms. The first-order chi connectivity index (χ1) is 14.9. The Morgan fingerprint density at radius 3 is 2.84 bits per heavy atom. The summed E-state index contributed by atoms with van der Waals surface area (Å²) in [6.07, 6.45) is 0. The van der Waals surface area contributed by atoms with Crippen LogP contribution in [0.4, 0.5) is 15.8 Å². The fourth-order valence-corrected chi connectivity index (χ4v) is 3.58. The number of halogens is 2. The minimum atomic E-state index is -0.534. The highest BCUT2D eigenvalue weighted by Crippen LogP contribution is 2.23. The average molecular weight is 466 g/mol. The van der Waals surface area contributed by atoms with Gasteiger partial charge in [-0.1, -0.05) is 29.4 Å². The molecule has 0 fully saturated rings. The summed E-state index contributed by atoms with van der Waals surface area (Å²) >= 11 is 6.92. The van der Waals surface area contributed by atoms with Gasteiger partial charge in [0.1, 0.15) is 18.2 Å². The Morgan fingerprint density at radius 2 is 2.13 bits per heavy atom. The highest BCUT2D eigenvalue weighted by molar-refractivity contribution is 7.99. The third-order valence-electron chi connectivity index (χ3n) is 4.04. The lowest BCUT2D eigenvalue weighted by Gasteiger charge is -2.09. The summed E-state index contributed by atoms with van der Waals surface area (Å²) in [5.41, 5.74) is 0.229. The van der Waals surface area contributed by atoms with Gasteiger partial charge in [0.2, 0.25) is 5.91 Å². The summed E-state index contributed by atoms with van der Waals surface area (Å²) in [4.78, 5) is 22.5. The zero-order valence-electron chi connectivity index (χ0n) is 16.2. The molecule has 1 amide bonds. The number of nitro groups is 1. The minimum Gasteiger partial charge on any atom is -0.486 e. The van der Waals surface area contributed by atoms with E-state index >= 15 is 0 Å². The van der Waals surface area contributed by atoms with Gasteiger partial charge in [0, 0.05) is 30.4 Å². The third-order valence-corrected chi connectivity index (χ3v) is 5.30. The number of amides is 1. The molecule has 1 heterocycles. The SMILES string of the molecule is CCn1c(COc2ccc(F)c(Cl)c2)nnc1SCC(=O)Nc1cccc([N+](=O)[O-])c1. The molecule has 162 valence electrons. The number of non-ortho nitro benzene ring substituents is 1. The number of thioether (sulfide) groups is 1. The number of hydrogen-bond donors (Lipinski definition) is 1. The van der Waals surface area contributed by atoms with E-state index in [0.29, 0.717) is 29.0 Å². The Labute approximate surface area is 185 Å². The largest absolute Gasteiger partial charge is 0.486 e. The number of aromatic nitrogens is 3. The molecule has 3 rings (SSSR count). The molecular formula is C19H17ClFN5O4S. The van der Waals surface area contributed by atoms with Crippen molar-refractivity contribution in [2.45, 2.75) is 25.2 Å². The van der Waals surface area contributed by atoms with Crippen molar-refractivity contribution < 1.29 is 18.8 Å². The van der Waals surface area contributed by atoms with Crippen LogP contribution in [0.2, 0.25) is 5.02 Å². The molecule has 1 aromatic heterocycles.